The lowest BCUT2D eigenvalue weighted by molar-refractivity contribution is 0.0609. The Kier molecular flexibility index (Phi) is 5.20. The van der Waals surface area contributed by atoms with Gasteiger partial charge in [0.25, 0.3) is 0 Å². The molecule has 1 atom stereocenters. The van der Waals surface area contributed by atoms with E-state index in [2.05, 4.69) is 25.7 Å². The summed E-state index contributed by atoms with van der Waals surface area (Å²) < 4.78 is 5.10. The minimum atomic E-state index is -0.0298. The highest BCUT2D eigenvalue weighted by Crippen LogP contribution is 2.31. The summed E-state index contributed by atoms with van der Waals surface area (Å²) in [4.78, 5) is 2.05. The van der Waals surface area contributed by atoms with Crippen LogP contribution in [-0.4, -0.2) is 41.9 Å². The van der Waals surface area contributed by atoms with Gasteiger partial charge < -0.3 is 14.9 Å². The standard InChI is InChI=1S/C15H25NO3/c1-15(2,3)13(10-17)16(4)9-11-7-6-8-12(19-5)14(11)18/h6-8,13,17-18H,9-10H2,1-5H3. The highest BCUT2D eigenvalue weighted by Gasteiger charge is 2.28. The number of aliphatic hydroxyl groups excluding tert-OH is 1. The molecule has 0 radical (unpaired) electrons. The molecule has 4 heteroatoms. The van der Waals surface area contributed by atoms with Crippen molar-refractivity contribution in [3.8, 4) is 11.5 Å². The van der Waals surface area contributed by atoms with E-state index >= 15 is 0 Å². The maximum Gasteiger partial charge on any atom is 0.162 e. The van der Waals surface area contributed by atoms with Crippen molar-refractivity contribution in [1.82, 2.24) is 4.90 Å². The van der Waals surface area contributed by atoms with Gasteiger partial charge in [-0.05, 0) is 18.5 Å². The number of hydrogen-bond donors (Lipinski definition) is 2. The van der Waals surface area contributed by atoms with Crippen LogP contribution in [0.1, 0.15) is 26.3 Å². The third kappa shape index (κ3) is 3.85. The van der Waals surface area contributed by atoms with Crippen molar-refractivity contribution < 1.29 is 14.9 Å². The zero-order valence-electron chi connectivity index (χ0n) is 12.5. The fraction of sp³-hybridized carbons (Fsp3) is 0.600. The number of rotatable bonds is 5. The molecule has 4 nitrogen and oxygen atoms in total. The maximum atomic E-state index is 10.1. The monoisotopic (exact) mass is 267 g/mol. The number of likely N-dealkylation sites (N-methyl/N-ethyl adjacent to an activating group) is 1. The van der Waals surface area contributed by atoms with E-state index in [9.17, 15) is 10.2 Å². The van der Waals surface area contributed by atoms with Crippen LogP contribution in [0.4, 0.5) is 0 Å². The van der Waals surface area contributed by atoms with Gasteiger partial charge in [0, 0.05) is 18.2 Å². The van der Waals surface area contributed by atoms with Crippen LogP contribution in [0.2, 0.25) is 0 Å². The number of phenols is 1. The molecule has 0 saturated heterocycles. The van der Waals surface area contributed by atoms with Crippen molar-refractivity contribution in [3.63, 3.8) is 0 Å². The SMILES string of the molecule is COc1cccc(CN(C)C(CO)C(C)(C)C)c1O. The number of aromatic hydroxyl groups is 1. The van der Waals surface area contributed by atoms with Crippen molar-refractivity contribution in [2.45, 2.75) is 33.4 Å². The van der Waals surface area contributed by atoms with Crippen molar-refractivity contribution >= 4 is 0 Å². The number of para-hydroxylation sites is 1. The van der Waals surface area contributed by atoms with Gasteiger partial charge >= 0.3 is 0 Å². The number of ether oxygens (including phenoxy) is 1. The zero-order chi connectivity index (χ0) is 14.6. The summed E-state index contributed by atoms with van der Waals surface area (Å²) in [5.41, 5.74) is 0.766. The molecule has 0 fully saturated rings. The minimum Gasteiger partial charge on any atom is -0.504 e. The number of phenolic OH excluding ortho intramolecular Hbond substituents is 1. The molecule has 0 heterocycles. The number of benzene rings is 1. The predicted molar refractivity (Wildman–Crippen MR) is 76.5 cm³/mol. The Bertz CT molecular complexity index is 412. The largest absolute Gasteiger partial charge is 0.504 e. The quantitative estimate of drug-likeness (QED) is 0.859. The van der Waals surface area contributed by atoms with Gasteiger partial charge in [-0.25, -0.2) is 0 Å². The molecule has 1 unspecified atom stereocenters. The fourth-order valence-corrected chi connectivity index (χ4v) is 2.31. The maximum absolute atomic E-state index is 10.1. The number of hydrogen-bond acceptors (Lipinski definition) is 4. The third-order valence-electron chi connectivity index (χ3n) is 3.43. The van der Waals surface area contributed by atoms with Crippen molar-refractivity contribution in [3.05, 3.63) is 23.8 Å². The molecule has 19 heavy (non-hydrogen) atoms. The molecule has 0 spiro atoms. The first-order valence-electron chi connectivity index (χ1n) is 6.47. The molecule has 0 saturated carbocycles. The molecule has 0 aliphatic carbocycles. The lowest BCUT2D eigenvalue weighted by atomic mass is 9.86. The van der Waals surface area contributed by atoms with Gasteiger partial charge in [-0.1, -0.05) is 32.9 Å². The van der Waals surface area contributed by atoms with E-state index in [1.807, 2.05) is 19.2 Å². The van der Waals surface area contributed by atoms with Crippen LogP contribution in [0.5, 0.6) is 11.5 Å². The zero-order valence-corrected chi connectivity index (χ0v) is 12.5. The highest BCUT2D eigenvalue weighted by molar-refractivity contribution is 5.45. The molecular formula is C15H25NO3. The summed E-state index contributed by atoms with van der Waals surface area (Å²) in [7, 11) is 3.49. The van der Waals surface area contributed by atoms with Gasteiger partial charge in [0.1, 0.15) is 0 Å². The average Bonchev–Trinajstić information content (AvgIpc) is 2.31. The molecule has 0 aliphatic heterocycles. The van der Waals surface area contributed by atoms with Gasteiger partial charge in [-0.3, -0.25) is 4.90 Å². The molecule has 1 aromatic rings. The number of methoxy groups -OCH3 is 1. The molecule has 0 bridgehead atoms. The van der Waals surface area contributed by atoms with Crippen LogP contribution >= 0.6 is 0 Å². The van der Waals surface area contributed by atoms with E-state index in [-0.39, 0.29) is 23.8 Å². The fourth-order valence-electron chi connectivity index (χ4n) is 2.31. The molecule has 1 aromatic carbocycles. The summed E-state index contributed by atoms with van der Waals surface area (Å²) in [5, 5.41) is 19.6. The minimum absolute atomic E-state index is 0.0260. The van der Waals surface area contributed by atoms with Crippen LogP contribution in [0, 0.1) is 5.41 Å². The van der Waals surface area contributed by atoms with Crippen LogP contribution in [0.25, 0.3) is 0 Å². The lowest BCUT2D eigenvalue weighted by Crippen LogP contribution is -2.43. The Labute approximate surface area is 115 Å². The topological polar surface area (TPSA) is 52.9 Å². The van der Waals surface area contributed by atoms with E-state index in [4.69, 9.17) is 4.74 Å². The van der Waals surface area contributed by atoms with Gasteiger partial charge in [0.05, 0.1) is 13.7 Å². The van der Waals surface area contributed by atoms with Gasteiger partial charge in [0.2, 0.25) is 0 Å². The molecular weight excluding hydrogens is 242 g/mol. The molecule has 0 amide bonds. The van der Waals surface area contributed by atoms with E-state index in [1.54, 1.807) is 6.07 Å². The summed E-state index contributed by atoms with van der Waals surface area (Å²) in [6.45, 7) is 6.93. The van der Waals surface area contributed by atoms with Crippen LogP contribution in [0.3, 0.4) is 0 Å². The van der Waals surface area contributed by atoms with Crippen molar-refractivity contribution in [2.75, 3.05) is 20.8 Å². The summed E-state index contributed by atoms with van der Waals surface area (Å²) >= 11 is 0. The second kappa shape index (κ2) is 6.26. The number of aliphatic hydroxyl groups is 1. The van der Waals surface area contributed by atoms with Gasteiger partial charge in [-0.2, -0.15) is 0 Å². The summed E-state index contributed by atoms with van der Waals surface area (Å²) in [5.74, 6) is 0.643. The Morgan fingerprint density at radius 2 is 1.95 bits per heavy atom. The molecule has 1 rings (SSSR count). The number of nitrogens with zero attached hydrogens (tertiary/aromatic N) is 1. The Morgan fingerprint density at radius 1 is 1.32 bits per heavy atom. The van der Waals surface area contributed by atoms with Crippen LogP contribution in [0.15, 0.2) is 18.2 Å². The smallest absolute Gasteiger partial charge is 0.162 e. The highest BCUT2D eigenvalue weighted by atomic mass is 16.5. The normalized spacial score (nSPS) is 13.6. The second-order valence-corrected chi connectivity index (χ2v) is 5.95. The van der Waals surface area contributed by atoms with E-state index < -0.39 is 0 Å². The van der Waals surface area contributed by atoms with E-state index in [1.165, 1.54) is 7.11 Å². The first-order valence-corrected chi connectivity index (χ1v) is 6.47. The van der Waals surface area contributed by atoms with E-state index in [0.717, 1.165) is 5.56 Å². The van der Waals surface area contributed by atoms with Crippen molar-refractivity contribution in [2.24, 2.45) is 5.41 Å². The van der Waals surface area contributed by atoms with Crippen molar-refractivity contribution in [1.29, 1.82) is 0 Å². The average molecular weight is 267 g/mol. The van der Waals surface area contributed by atoms with Crippen LogP contribution in [-0.2, 0) is 6.54 Å². The molecule has 0 aliphatic rings. The molecule has 0 aromatic heterocycles. The Morgan fingerprint density at radius 3 is 2.42 bits per heavy atom. The van der Waals surface area contributed by atoms with Gasteiger partial charge in [0.15, 0.2) is 11.5 Å². The Balaban J connectivity index is 2.90. The van der Waals surface area contributed by atoms with Crippen LogP contribution < -0.4 is 4.74 Å². The third-order valence-corrected chi connectivity index (χ3v) is 3.43. The lowest BCUT2D eigenvalue weighted by Gasteiger charge is -2.37. The Hall–Kier alpha value is -1.26. The molecule has 2 N–H and O–H groups in total. The van der Waals surface area contributed by atoms with Gasteiger partial charge in [-0.15, -0.1) is 0 Å². The summed E-state index contributed by atoms with van der Waals surface area (Å²) in [6, 6.07) is 5.47. The first-order chi connectivity index (χ1) is 8.81. The second-order valence-electron chi connectivity index (χ2n) is 5.95. The molecule has 108 valence electrons. The van der Waals surface area contributed by atoms with E-state index in [0.29, 0.717) is 12.3 Å². The summed E-state index contributed by atoms with van der Waals surface area (Å²) in [6.07, 6.45) is 0. The first kappa shape index (κ1) is 15.8. The predicted octanol–water partition coefficient (Wildman–Crippen LogP) is 2.24.